The van der Waals surface area contributed by atoms with Gasteiger partial charge in [0, 0.05) is 19.1 Å². The van der Waals surface area contributed by atoms with E-state index < -0.39 is 0 Å². The molecular formula is C13H21BrN2O2. The van der Waals surface area contributed by atoms with Crippen LogP contribution < -0.4 is 5.73 Å². The van der Waals surface area contributed by atoms with E-state index in [2.05, 4.69) is 34.7 Å². The molecule has 1 aromatic rings. The minimum atomic E-state index is 0.116. The van der Waals surface area contributed by atoms with Crippen LogP contribution in [-0.4, -0.2) is 36.7 Å². The lowest BCUT2D eigenvalue weighted by molar-refractivity contribution is -0.0747. The van der Waals surface area contributed by atoms with Crippen LogP contribution in [0.5, 0.6) is 0 Å². The van der Waals surface area contributed by atoms with E-state index in [9.17, 15) is 0 Å². The highest BCUT2D eigenvalue weighted by Crippen LogP contribution is 2.32. The fourth-order valence-electron chi connectivity index (χ4n) is 2.54. The van der Waals surface area contributed by atoms with Crippen molar-refractivity contribution in [3.63, 3.8) is 0 Å². The second-order valence-electron chi connectivity index (χ2n) is 4.79. The molecule has 0 amide bonds. The van der Waals surface area contributed by atoms with E-state index in [-0.39, 0.29) is 12.1 Å². The zero-order valence-corrected chi connectivity index (χ0v) is 12.5. The number of rotatable bonds is 4. The number of nitrogens with two attached hydrogens (primary N) is 1. The SMILES string of the molecule is CCC1COC(C)CN1C(CN)c1occc1Br. The maximum atomic E-state index is 5.96. The summed E-state index contributed by atoms with van der Waals surface area (Å²) in [6, 6.07) is 2.44. The topological polar surface area (TPSA) is 51.6 Å². The molecule has 1 aromatic heterocycles. The van der Waals surface area contributed by atoms with Crippen molar-refractivity contribution in [1.82, 2.24) is 4.90 Å². The number of nitrogens with zero attached hydrogens (tertiary/aromatic N) is 1. The van der Waals surface area contributed by atoms with Crippen LogP contribution in [0, 0.1) is 0 Å². The zero-order valence-electron chi connectivity index (χ0n) is 10.9. The van der Waals surface area contributed by atoms with Crippen molar-refractivity contribution in [3.05, 3.63) is 22.6 Å². The minimum absolute atomic E-state index is 0.116. The van der Waals surface area contributed by atoms with Gasteiger partial charge in [-0.1, -0.05) is 6.92 Å². The molecule has 1 saturated heterocycles. The van der Waals surface area contributed by atoms with E-state index in [0.717, 1.165) is 29.8 Å². The van der Waals surface area contributed by atoms with Crippen LogP contribution in [0.3, 0.4) is 0 Å². The Morgan fingerprint density at radius 3 is 2.94 bits per heavy atom. The Morgan fingerprint density at radius 1 is 1.61 bits per heavy atom. The predicted octanol–water partition coefficient (Wildman–Crippen LogP) is 2.54. The standard InChI is InChI=1S/C13H21BrN2O2/c1-3-10-8-18-9(2)7-16(10)12(6-15)13-11(14)4-5-17-13/h4-5,9-10,12H,3,6-8,15H2,1-2H3. The Labute approximate surface area is 117 Å². The predicted molar refractivity (Wildman–Crippen MR) is 74.4 cm³/mol. The van der Waals surface area contributed by atoms with Crippen molar-refractivity contribution in [2.45, 2.75) is 38.5 Å². The average molecular weight is 317 g/mol. The van der Waals surface area contributed by atoms with Gasteiger partial charge in [-0.15, -0.1) is 0 Å². The third-order valence-corrected chi connectivity index (χ3v) is 4.21. The number of ether oxygens (including phenoxy) is 1. The molecule has 0 aliphatic carbocycles. The molecule has 0 spiro atoms. The molecule has 2 heterocycles. The van der Waals surface area contributed by atoms with Crippen molar-refractivity contribution < 1.29 is 9.15 Å². The summed E-state index contributed by atoms with van der Waals surface area (Å²) in [6.45, 7) is 6.50. The quantitative estimate of drug-likeness (QED) is 0.927. The highest BCUT2D eigenvalue weighted by molar-refractivity contribution is 9.10. The lowest BCUT2D eigenvalue weighted by Crippen LogP contribution is -2.51. The van der Waals surface area contributed by atoms with Crippen molar-refractivity contribution >= 4 is 15.9 Å². The molecule has 1 aliphatic rings. The summed E-state index contributed by atoms with van der Waals surface area (Å²) >= 11 is 3.52. The van der Waals surface area contributed by atoms with Crippen LogP contribution in [0.4, 0.5) is 0 Å². The molecule has 18 heavy (non-hydrogen) atoms. The van der Waals surface area contributed by atoms with Gasteiger partial charge >= 0.3 is 0 Å². The number of morpholine rings is 1. The molecule has 3 unspecified atom stereocenters. The van der Waals surface area contributed by atoms with Gasteiger partial charge in [0.2, 0.25) is 0 Å². The van der Waals surface area contributed by atoms with E-state index in [1.54, 1.807) is 6.26 Å². The van der Waals surface area contributed by atoms with Crippen LogP contribution in [-0.2, 0) is 4.74 Å². The fraction of sp³-hybridized carbons (Fsp3) is 0.692. The molecule has 5 heteroatoms. The minimum Gasteiger partial charge on any atom is -0.466 e. The van der Waals surface area contributed by atoms with Gasteiger partial charge < -0.3 is 14.9 Å². The summed E-state index contributed by atoms with van der Waals surface area (Å²) in [6.07, 6.45) is 3.00. The highest BCUT2D eigenvalue weighted by atomic mass is 79.9. The monoisotopic (exact) mass is 316 g/mol. The smallest absolute Gasteiger partial charge is 0.136 e. The van der Waals surface area contributed by atoms with Crippen molar-refractivity contribution in [2.24, 2.45) is 5.73 Å². The molecule has 3 atom stereocenters. The fourth-order valence-corrected chi connectivity index (χ4v) is 3.01. The van der Waals surface area contributed by atoms with Gasteiger partial charge in [-0.2, -0.15) is 0 Å². The van der Waals surface area contributed by atoms with Crippen molar-refractivity contribution in [2.75, 3.05) is 19.7 Å². The van der Waals surface area contributed by atoms with Gasteiger partial charge in [0.25, 0.3) is 0 Å². The van der Waals surface area contributed by atoms with Gasteiger partial charge in [0.15, 0.2) is 0 Å². The molecule has 1 aliphatic heterocycles. The van der Waals surface area contributed by atoms with E-state index in [1.165, 1.54) is 0 Å². The Bertz CT molecular complexity index is 383. The Hall–Kier alpha value is -0.360. The van der Waals surface area contributed by atoms with Crippen LogP contribution in [0.1, 0.15) is 32.1 Å². The molecule has 0 aromatic carbocycles. The first-order valence-corrected chi connectivity index (χ1v) is 7.27. The first-order valence-electron chi connectivity index (χ1n) is 6.47. The number of hydrogen-bond acceptors (Lipinski definition) is 4. The van der Waals surface area contributed by atoms with Gasteiger partial charge in [-0.05, 0) is 35.3 Å². The summed E-state index contributed by atoms with van der Waals surface area (Å²) in [5.41, 5.74) is 5.96. The summed E-state index contributed by atoms with van der Waals surface area (Å²) in [5, 5.41) is 0. The van der Waals surface area contributed by atoms with E-state index >= 15 is 0 Å². The molecule has 1 fully saturated rings. The van der Waals surface area contributed by atoms with E-state index in [0.29, 0.717) is 12.6 Å². The molecular weight excluding hydrogens is 296 g/mol. The zero-order chi connectivity index (χ0) is 13.1. The Kier molecular flexibility index (Phi) is 4.84. The molecule has 102 valence electrons. The van der Waals surface area contributed by atoms with Crippen LogP contribution in [0.15, 0.2) is 21.2 Å². The Balaban J connectivity index is 2.22. The van der Waals surface area contributed by atoms with E-state index in [1.807, 2.05) is 6.07 Å². The molecule has 0 bridgehead atoms. The average Bonchev–Trinajstić information content (AvgIpc) is 2.77. The normalized spacial score (nSPS) is 27.3. The first kappa shape index (κ1) is 14.1. The number of hydrogen-bond donors (Lipinski definition) is 1. The second-order valence-corrected chi connectivity index (χ2v) is 5.64. The lowest BCUT2D eigenvalue weighted by Gasteiger charge is -2.42. The van der Waals surface area contributed by atoms with Gasteiger partial charge in [0.1, 0.15) is 5.76 Å². The Morgan fingerprint density at radius 2 is 2.39 bits per heavy atom. The molecule has 0 saturated carbocycles. The van der Waals surface area contributed by atoms with Crippen LogP contribution >= 0.6 is 15.9 Å². The first-order chi connectivity index (χ1) is 8.67. The maximum absolute atomic E-state index is 5.96. The highest BCUT2D eigenvalue weighted by Gasteiger charge is 2.33. The largest absolute Gasteiger partial charge is 0.466 e. The van der Waals surface area contributed by atoms with Crippen molar-refractivity contribution in [3.8, 4) is 0 Å². The van der Waals surface area contributed by atoms with Gasteiger partial charge in [0.05, 0.1) is 29.5 Å². The number of furan rings is 1. The molecule has 2 rings (SSSR count). The van der Waals surface area contributed by atoms with Crippen LogP contribution in [0.2, 0.25) is 0 Å². The molecule has 4 nitrogen and oxygen atoms in total. The summed E-state index contributed by atoms with van der Waals surface area (Å²) in [7, 11) is 0. The summed E-state index contributed by atoms with van der Waals surface area (Å²) in [4.78, 5) is 2.41. The number of halogens is 1. The lowest BCUT2D eigenvalue weighted by atomic mass is 10.1. The third kappa shape index (κ3) is 2.79. The van der Waals surface area contributed by atoms with Gasteiger partial charge in [-0.3, -0.25) is 4.90 Å². The van der Waals surface area contributed by atoms with Gasteiger partial charge in [-0.25, -0.2) is 0 Å². The second kappa shape index (κ2) is 6.19. The molecule has 2 N–H and O–H groups in total. The maximum Gasteiger partial charge on any atom is 0.136 e. The van der Waals surface area contributed by atoms with Crippen molar-refractivity contribution in [1.29, 1.82) is 0 Å². The summed E-state index contributed by atoms with van der Waals surface area (Å²) in [5.74, 6) is 0.921. The summed E-state index contributed by atoms with van der Waals surface area (Å²) < 4.78 is 12.3. The van der Waals surface area contributed by atoms with Crippen LogP contribution in [0.25, 0.3) is 0 Å². The molecule has 0 radical (unpaired) electrons. The van der Waals surface area contributed by atoms with E-state index in [4.69, 9.17) is 14.9 Å². The third-order valence-electron chi connectivity index (χ3n) is 3.55.